The molecule has 1 fully saturated rings. The molecule has 1 N–H and O–H groups in total. The van der Waals surface area contributed by atoms with Crippen LogP contribution < -0.4 is 10.9 Å². The maximum atomic E-state index is 14.0. The van der Waals surface area contributed by atoms with Crippen LogP contribution in [0, 0.1) is 5.92 Å². The first-order valence-corrected chi connectivity index (χ1v) is 15.1. The molecule has 0 spiro atoms. The Bertz CT molecular complexity index is 1970. The second-order valence-corrected chi connectivity index (χ2v) is 12.0. The normalized spacial score (nSPS) is 18.6. The van der Waals surface area contributed by atoms with Crippen LogP contribution in [0.5, 0.6) is 0 Å². The molecular weight excluding hydrogens is 604 g/mol. The molecule has 1 amide bonds. The summed E-state index contributed by atoms with van der Waals surface area (Å²) in [5, 5.41) is 15.6. The van der Waals surface area contributed by atoms with Gasteiger partial charge in [-0.3, -0.25) is 9.78 Å². The second kappa shape index (κ2) is 11.7. The van der Waals surface area contributed by atoms with Crippen LogP contribution in [0.1, 0.15) is 74.4 Å². The van der Waals surface area contributed by atoms with Crippen molar-refractivity contribution in [2.24, 2.45) is 5.92 Å². The highest BCUT2D eigenvalue weighted by Crippen LogP contribution is 2.40. The topological polar surface area (TPSA) is 121 Å². The molecule has 1 saturated carbocycles. The Labute approximate surface area is 261 Å². The van der Waals surface area contributed by atoms with E-state index in [1.165, 1.54) is 12.4 Å². The Hall–Kier alpha value is -4.71. The number of amides is 1. The second-order valence-electron chi connectivity index (χ2n) is 11.5. The van der Waals surface area contributed by atoms with Crippen molar-refractivity contribution in [3.8, 4) is 28.3 Å². The molecule has 0 radical (unpaired) electrons. The molecule has 2 atom stereocenters. The van der Waals surface area contributed by atoms with E-state index in [0.717, 1.165) is 18.5 Å². The number of rotatable bonds is 5. The Kier molecular flexibility index (Phi) is 7.52. The maximum Gasteiger partial charge on any atom is 0.340 e. The standard InChI is InChI=1S/C32H28ClF2N7O3/c1-17-3-2-4-21(24-13-19(11-12-36-24)29-25(38-30(17)43)15-37-42(29)32(34)35)22-8-10-28(45-31(22)44)23-14-20(33)7-9-27(23)41-16-26(39-40-41)18-5-6-18/h7-18,21,32H,2-6H2,1H3,(H,38,43)/t17-,21+/m1/s1. The van der Waals surface area contributed by atoms with Gasteiger partial charge in [-0.05, 0) is 68.1 Å². The molecule has 5 aromatic rings. The van der Waals surface area contributed by atoms with E-state index in [1.54, 1.807) is 54.1 Å². The van der Waals surface area contributed by atoms with Gasteiger partial charge in [-0.25, -0.2) is 14.2 Å². The Morgan fingerprint density at radius 2 is 1.89 bits per heavy atom. The van der Waals surface area contributed by atoms with E-state index in [0.29, 0.717) is 68.7 Å². The highest BCUT2D eigenvalue weighted by Gasteiger charge is 2.29. The van der Waals surface area contributed by atoms with Gasteiger partial charge in [-0.15, -0.1) is 5.10 Å². The van der Waals surface area contributed by atoms with Gasteiger partial charge in [0.2, 0.25) is 5.91 Å². The maximum absolute atomic E-state index is 14.0. The highest BCUT2D eigenvalue weighted by atomic mass is 35.5. The van der Waals surface area contributed by atoms with Crippen LogP contribution in [0.25, 0.3) is 28.3 Å². The molecule has 1 aromatic carbocycles. The van der Waals surface area contributed by atoms with Crippen molar-refractivity contribution in [2.45, 2.75) is 57.4 Å². The van der Waals surface area contributed by atoms with Crippen LogP contribution in [-0.4, -0.2) is 35.7 Å². The molecule has 4 aromatic heterocycles. The fraction of sp³-hybridized carbons (Fsp3) is 0.312. The summed E-state index contributed by atoms with van der Waals surface area (Å²) in [5.41, 5.74) is 3.08. The molecule has 0 unspecified atom stereocenters. The molecule has 2 bridgehead atoms. The first-order chi connectivity index (χ1) is 21.8. The molecule has 2 aliphatic rings. The Balaban J connectivity index is 1.30. The van der Waals surface area contributed by atoms with E-state index in [2.05, 4.69) is 25.7 Å². The number of anilines is 1. The summed E-state index contributed by atoms with van der Waals surface area (Å²) in [7, 11) is 0. The van der Waals surface area contributed by atoms with E-state index in [-0.39, 0.29) is 17.3 Å². The zero-order valence-corrected chi connectivity index (χ0v) is 24.9. The van der Waals surface area contributed by atoms with Crippen molar-refractivity contribution in [1.29, 1.82) is 0 Å². The van der Waals surface area contributed by atoms with Gasteiger partial charge in [0.25, 0.3) is 0 Å². The number of pyridine rings is 1. The minimum absolute atomic E-state index is 0.0577. The number of nitrogens with one attached hydrogen (secondary N) is 1. The Morgan fingerprint density at radius 3 is 2.67 bits per heavy atom. The zero-order valence-electron chi connectivity index (χ0n) is 24.2. The summed E-state index contributed by atoms with van der Waals surface area (Å²) in [6.45, 7) is -1.16. The summed E-state index contributed by atoms with van der Waals surface area (Å²) in [5.74, 6) is -0.503. The predicted molar refractivity (Wildman–Crippen MR) is 163 cm³/mol. The van der Waals surface area contributed by atoms with Gasteiger partial charge < -0.3 is 9.73 Å². The monoisotopic (exact) mass is 631 g/mol. The van der Waals surface area contributed by atoms with Gasteiger partial charge in [0, 0.05) is 51.4 Å². The van der Waals surface area contributed by atoms with Crippen molar-refractivity contribution in [2.75, 3.05) is 5.32 Å². The lowest BCUT2D eigenvalue weighted by Crippen LogP contribution is -2.22. The van der Waals surface area contributed by atoms with Crippen LogP contribution in [0.2, 0.25) is 5.02 Å². The molecular formula is C32H28ClF2N7O3. The van der Waals surface area contributed by atoms with E-state index in [4.69, 9.17) is 16.0 Å². The minimum atomic E-state index is -2.93. The fourth-order valence-electron chi connectivity index (χ4n) is 5.85. The van der Waals surface area contributed by atoms with E-state index >= 15 is 0 Å². The molecule has 5 heterocycles. The minimum Gasteiger partial charge on any atom is -0.422 e. The number of benzene rings is 1. The molecule has 45 heavy (non-hydrogen) atoms. The van der Waals surface area contributed by atoms with Crippen molar-refractivity contribution in [3.05, 3.63) is 93.4 Å². The molecule has 10 nitrogen and oxygen atoms in total. The number of hydrogen-bond acceptors (Lipinski definition) is 7. The number of nitrogens with zero attached hydrogens (tertiary/aromatic N) is 6. The average Bonchev–Trinajstić information content (AvgIpc) is 3.60. The third-order valence-corrected chi connectivity index (χ3v) is 8.67. The number of fused-ring (bicyclic) bond motifs is 4. The van der Waals surface area contributed by atoms with Crippen LogP contribution in [0.4, 0.5) is 14.5 Å². The van der Waals surface area contributed by atoms with Crippen molar-refractivity contribution in [1.82, 2.24) is 29.8 Å². The largest absolute Gasteiger partial charge is 0.422 e. The molecule has 1 aliphatic heterocycles. The van der Waals surface area contributed by atoms with Gasteiger partial charge in [0.1, 0.15) is 5.76 Å². The predicted octanol–water partition coefficient (Wildman–Crippen LogP) is 6.96. The number of aromatic nitrogens is 6. The lowest BCUT2D eigenvalue weighted by Gasteiger charge is -2.20. The number of alkyl halides is 2. The third kappa shape index (κ3) is 5.66. The van der Waals surface area contributed by atoms with E-state index in [1.807, 2.05) is 6.20 Å². The summed E-state index contributed by atoms with van der Waals surface area (Å²) in [6.07, 6.45) is 8.37. The average molecular weight is 632 g/mol. The number of halogens is 3. The van der Waals surface area contributed by atoms with Crippen LogP contribution in [-0.2, 0) is 4.79 Å². The SMILES string of the molecule is C[C@@H]1CCC[C@@H](c2ccc(-c3cc(Cl)ccc3-n3cc(C4CC4)nn3)oc2=O)c2cc(ccn2)-c2c(cnn2C(F)F)NC1=O. The van der Waals surface area contributed by atoms with Crippen LogP contribution >= 0.6 is 11.6 Å². The lowest BCUT2D eigenvalue weighted by atomic mass is 9.88. The number of hydrogen-bond donors (Lipinski definition) is 1. The third-order valence-electron chi connectivity index (χ3n) is 8.43. The smallest absolute Gasteiger partial charge is 0.340 e. The van der Waals surface area contributed by atoms with Gasteiger partial charge in [0.05, 0.1) is 35.2 Å². The van der Waals surface area contributed by atoms with Crippen molar-refractivity contribution < 1.29 is 18.0 Å². The van der Waals surface area contributed by atoms with E-state index < -0.39 is 24.0 Å². The fourth-order valence-corrected chi connectivity index (χ4v) is 6.02. The Morgan fingerprint density at radius 1 is 1.04 bits per heavy atom. The van der Waals surface area contributed by atoms with Crippen molar-refractivity contribution >= 4 is 23.2 Å². The summed E-state index contributed by atoms with van der Waals surface area (Å²) >= 11 is 6.36. The lowest BCUT2D eigenvalue weighted by molar-refractivity contribution is -0.119. The summed E-state index contributed by atoms with van der Waals surface area (Å²) in [6, 6.07) is 11.9. The summed E-state index contributed by atoms with van der Waals surface area (Å²) < 4.78 is 36.1. The van der Waals surface area contributed by atoms with Crippen LogP contribution in [0.15, 0.2) is 70.3 Å². The van der Waals surface area contributed by atoms with Crippen molar-refractivity contribution in [3.63, 3.8) is 0 Å². The first kappa shape index (κ1) is 29.0. The molecule has 230 valence electrons. The number of carbonyl (C=O) groups is 1. The summed E-state index contributed by atoms with van der Waals surface area (Å²) in [4.78, 5) is 31.2. The zero-order chi connectivity index (χ0) is 31.2. The van der Waals surface area contributed by atoms with Gasteiger partial charge >= 0.3 is 12.2 Å². The van der Waals surface area contributed by atoms with Gasteiger partial charge in [-0.2, -0.15) is 13.9 Å². The molecule has 7 rings (SSSR count). The van der Waals surface area contributed by atoms with Gasteiger partial charge in [0.15, 0.2) is 0 Å². The molecule has 0 saturated heterocycles. The van der Waals surface area contributed by atoms with E-state index in [9.17, 15) is 18.4 Å². The highest BCUT2D eigenvalue weighted by molar-refractivity contribution is 6.31. The molecule has 13 heteroatoms. The number of carbonyl (C=O) groups excluding carboxylic acids is 1. The quantitative estimate of drug-likeness (QED) is 0.222. The van der Waals surface area contributed by atoms with Crippen LogP contribution in [0.3, 0.4) is 0 Å². The first-order valence-electron chi connectivity index (χ1n) is 14.8. The van der Waals surface area contributed by atoms with Gasteiger partial charge in [-0.1, -0.05) is 30.2 Å². The molecule has 1 aliphatic carbocycles.